The Labute approximate surface area is 346 Å². The minimum absolute atomic E-state index is 0.566. The highest BCUT2D eigenvalue weighted by molar-refractivity contribution is 6.20. The second kappa shape index (κ2) is 12.2. The number of nitrogens with zero attached hydrogens (tertiary/aromatic N) is 3. The van der Waals surface area contributed by atoms with Gasteiger partial charge in [-0.25, -0.2) is 0 Å². The van der Waals surface area contributed by atoms with Crippen molar-refractivity contribution in [3.05, 3.63) is 228 Å². The van der Waals surface area contributed by atoms with E-state index >= 15 is 0 Å². The van der Waals surface area contributed by atoms with Crippen molar-refractivity contribution < 1.29 is 4.42 Å². The van der Waals surface area contributed by atoms with Crippen LogP contribution in [0.15, 0.2) is 205 Å². The highest BCUT2D eigenvalue weighted by Crippen LogP contribution is 2.65. The van der Waals surface area contributed by atoms with Crippen LogP contribution in [-0.4, -0.2) is 4.57 Å². The van der Waals surface area contributed by atoms with E-state index in [-0.39, 0.29) is 0 Å². The quantitative estimate of drug-likeness (QED) is 0.179. The van der Waals surface area contributed by atoms with Crippen LogP contribution in [-0.2, 0) is 5.41 Å². The van der Waals surface area contributed by atoms with Crippen molar-refractivity contribution in [1.29, 1.82) is 5.26 Å². The van der Waals surface area contributed by atoms with Gasteiger partial charge in [-0.15, -0.1) is 0 Å². The minimum atomic E-state index is -0.566. The molecule has 9 aromatic carbocycles. The van der Waals surface area contributed by atoms with Crippen LogP contribution in [0.4, 0.5) is 17.1 Å². The van der Waals surface area contributed by atoms with Gasteiger partial charge in [-0.05, 0) is 117 Å². The summed E-state index contributed by atoms with van der Waals surface area (Å²) < 4.78 is 9.45. The predicted octanol–water partition coefficient (Wildman–Crippen LogP) is 14.4. The van der Waals surface area contributed by atoms with Crippen LogP contribution in [0.5, 0.6) is 0 Å². The molecule has 0 N–H and O–H groups in total. The lowest BCUT2D eigenvalue weighted by atomic mass is 9.70. The summed E-state index contributed by atoms with van der Waals surface area (Å²) in [4.78, 5) is 2.34. The van der Waals surface area contributed by atoms with Gasteiger partial charge in [0.05, 0.1) is 33.8 Å². The number of furan rings is 1. The molecule has 0 saturated carbocycles. The molecule has 0 unspecified atom stereocenters. The van der Waals surface area contributed by atoms with E-state index < -0.39 is 5.41 Å². The highest BCUT2D eigenvalue weighted by atomic mass is 16.3. The molecule has 1 spiro atoms. The first-order chi connectivity index (χ1) is 29.7. The van der Waals surface area contributed by atoms with E-state index in [2.05, 4.69) is 204 Å². The number of nitriles is 1. The Kier molecular flexibility index (Phi) is 6.69. The molecule has 2 aliphatic rings. The van der Waals surface area contributed by atoms with Crippen LogP contribution in [0, 0.1) is 11.3 Å². The summed E-state index contributed by atoms with van der Waals surface area (Å²) in [5.41, 5.74) is 18.0. The molecule has 60 heavy (non-hydrogen) atoms. The Hall–Kier alpha value is -8.13. The lowest BCUT2D eigenvalue weighted by molar-refractivity contribution is 0.668. The van der Waals surface area contributed by atoms with Crippen LogP contribution < -0.4 is 4.90 Å². The Morgan fingerprint density at radius 1 is 0.483 bits per heavy atom. The smallest absolute Gasteiger partial charge is 0.160 e. The largest absolute Gasteiger partial charge is 0.454 e. The maximum absolute atomic E-state index is 9.93. The summed E-state index contributed by atoms with van der Waals surface area (Å²) in [6.45, 7) is 0. The second-order valence-electron chi connectivity index (χ2n) is 15.9. The van der Waals surface area contributed by atoms with Crippen molar-refractivity contribution >= 4 is 60.8 Å². The Balaban J connectivity index is 1.18. The molecule has 0 bridgehead atoms. The Morgan fingerprint density at radius 3 is 1.80 bits per heavy atom. The number of benzene rings is 9. The zero-order valence-corrected chi connectivity index (χ0v) is 32.3. The van der Waals surface area contributed by atoms with Crippen LogP contribution in [0.2, 0.25) is 0 Å². The normalized spacial score (nSPS) is 13.1. The zero-order valence-electron chi connectivity index (χ0n) is 32.3. The first-order valence-electron chi connectivity index (χ1n) is 20.4. The van der Waals surface area contributed by atoms with E-state index in [0.29, 0.717) is 5.56 Å². The van der Waals surface area contributed by atoms with Crippen molar-refractivity contribution in [2.24, 2.45) is 0 Å². The van der Waals surface area contributed by atoms with Crippen LogP contribution in [0.3, 0.4) is 0 Å². The standard InChI is InChI=1S/C56H33N3O/c57-34-35-26-28-37(29-27-35)58(38-30-31-50-44(32-38)41-18-7-12-24-49(41)59(50)36-14-2-1-3-15-36)51-33-48-53(54-43-20-8-13-25-52(43)60-55(51)54)42-19-6-11-23-47(42)56(48)45-21-9-4-16-39(45)40-17-5-10-22-46(40)56/h1-33H. The first-order valence-corrected chi connectivity index (χ1v) is 20.4. The van der Waals surface area contributed by atoms with Gasteiger partial charge in [0, 0.05) is 38.6 Å². The Morgan fingerprint density at radius 2 is 1.07 bits per heavy atom. The molecule has 13 rings (SSSR count). The number of anilines is 3. The van der Waals surface area contributed by atoms with Crippen molar-refractivity contribution in [1.82, 2.24) is 4.57 Å². The fraction of sp³-hybridized carbons (Fsp3) is 0.0179. The third kappa shape index (κ3) is 4.23. The van der Waals surface area contributed by atoms with Crippen molar-refractivity contribution in [3.8, 4) is 34.0 Å². The molecular formula is C56H33N3O. The number of aromatic nitrogens is 1. The van der Waals surface area contributed by atoms with Crippen LogP contribution >= 0.6 is 0 Å². The maximum Gasteiger partial charge on any atom is 0.160 e. The molecule has 0 fully saturated rings. The molecule has 4 heteroatoms. The summed E-state index contributed by atoms with van der Waals surface area (Å²) in [6.07, 6.45) is 0. The molecule has 2 aliphatic carbocycles. The topological polar surface area (TPSA) is 45.1 Å². The highest BCUT2D eigenvalue weighted by Gasteiger charge is 2.52. The first kappa shape index (κ1) is 32.9. The second-order valence-corrected chi connectivity index (χ2v) is 15.9. The summed E-state index contributed by atoms with van der Waals surface area (Å²) in [6, 6.07) is 74.0. The monoisotopic (exact) mass is 763 g/mol. The molecule has 11 aromatic rings. The van der Waals surface area contributed by atoms with Gasteiger partial charge >= 0.3 is 0 Å². The van der Waals surface area contributed by atoms with Gasteiger partial charge in [0.2, 0.25) is 0 Å². The summed E-state index contributed by atoms with van der Waals surface area (Å²) in [5.74, 6) is 0. The number of rotatable bonds is 4. The zero-order chi connectivity index (χ0) is 39.5. The summed E-state index contributed by atoms with van der Waals surface area (Å²) >= 11 is 0. The Bertz CT molecular complexity index is 3580. The molecule has 0 amide bonds. The molecule has 2 heterocycles. The minimum Gasteiger partial charge on any atom is -0.454 e. The van der Waals surface area contributed by atoms with E-state index in [4.69, 9.17) is 4.42 Å². The van der Waals surface area contributed by atoms with E-state index in [9.17, 15) is 5.26 Å². The SMILES string of the molecule is N#Cc1ccc(N(c2ccc3c(c2)c2ccccc2n3-c2ccccc2)c2cc3c(c4c2oc2ccccc24)-c2ccccc2C32c3ccccc3-c3ccccc32)cc1. The van der Waals surface area contributed by atoms with Gasteiger partial charge in [-0.1, -0.05) is 127 Å². The summed E-state index contributed by atoms with van der Waals surface area (Å²) in [7, 11) is 0. The number of hydrogen-bond donors (Lipinski definition) is 0. The fourth-order valence-electron chi connectivity index (χ4n) is 10.7. The van der Waals surface area contributed by atoms with Gasteiger partial charge in [-0.3, -0.25) is 0 Å². The van der Waals surface area contributed by atoms with Crippen molar-refractivity contribution in [2.75, 3.05) is 4.90 Å². The lowest BCUT2D eigenvalue weighted by Crippen LogP contribution is -2.26. The van der Waals surface area contributed by atoms with E-state index in [1.807, 2.05) is 12.1 Å². The molecule has 0 radical (unpaired) electrons. The van der Waals surface area contributed by atoms with Gasteiger partial charge in [0.25, 0.3) is 0 Å². The molecule has 0 aliphatic heterocycles. The molecule has 278 valence electrons. The van der Waals surface area contributed by atoms with Gasteiger partial charge < -0.3 is 13.9 Å². The van der Waals surface area contributed by atoms with Crippen LogP contribution in [0.1, 0.15) is 27.8 Å². The molecular weight excluding hydrogens is 731 g/mol. The number of hydrogen-bond acceptors (Lipinski definition) is 3. The van der Waals surface area contributed by atoms with Crippen molar-refractivity contribution in [2.45, 2.75) is 5.41 Å². The van der Waals surface area contributed by atoms with Gasteiger partial charge in [-0.2, -0.15) is 5.26 Å². The number of para-hydroxylation sites is 3. The van der Waals surface area contributed by atoms with Gasteiger partial charge in [0.15, 0.2) is 5.58 Å². The molecule has 2 aromatic heterocycles. The molecule has 4 nitrogen and oxygen atoms in total. The van der Waals surface area contributed by atoms with Crippen molar-refractivity contribution in [3.63, 3.8) is 0 Å². The van der Waals surface area contributed by atoms with E-state index in [0.717, 1.165) is 61.1 Å². The third-order valence-electron chi connectivity index (χ3n) is 13.0. The predicted molar refractivity (Wildman–Crippen MR) is 244 cm³/mol. The molecule has 0 atom stereocenters. The fourth-order valence-corrected chi connectivity index (χ4v) is 10.7. The van der Waals surface area contributed by atoms with Crippen LogP contribution in [0.25, 0.3) is 71.7 Å². The van der Waals surface area contributed by atoms with E-state index in [1.54, 1.807) is 0 Å². The molecule has 0 saturated heterocycles. The van der Waals surface area contributed by atoms with Gasteiger partial charge in [0.1, 0.15) is 5.58 Å². The average Bonchev–Trinajstić information content (AvgIpc) is 4.03. The third-order valence-corrected chi connectivity index (χ3v) is 13.0. The van der Waals surface area contributed by atoms with E-state index in [1.165, 1.54) is 49.9 Å². The maximum atomic E-state index is 9.93. The number of fused-ring (bicyclic) bond motifs is 17. The summed E-state index contributed by atoms with van der Waals surface area (Å²) in [5, 5.41) is 14.4. The lowest BCUT2D eigenvalue weighted by Gasteiger charge is -2.32. The average molecular weight is 764 g/mol.